The molecule has 0 aliphatic carbocycles. The minimum absolute atomic E-state index is 0.278. The summed E-state index contributed by atoms with van der Waals surface area (Å²) in [7, 11) is 0. The molecule has 0 saturated heterocycles. The van der Waals surface area contributed by atoms with Crippen LogP contribution in [0.4, 0.5) is 4.39 Å². The van der Waals surface area contributed by atoms with E-state index in [1.807, 2.05) is 31.2 Å². The van der Waals surface area contributed by atoms with Gasteiger partial charge in [-0.3, -0.25) is 0 Å². The van der Waals surface area contributed by atoms with E-state index in [0.717, 1.165) is 11.3 Å². The van der Waals surface area contributed by atoms with Crippen LogP contribution >= 0.6 is 0 Å². The molecule has 0 aliphatic heterocycles. The minimum atomic E-state index is -0.306. The Labute approximate surface area is 106 Å². The number of halogens is 1. The van der Waals surface area contributed by atoms with E-state index < -0.39 is 0 Å². The highest BCUT2D eigenvalue weighted by molar-refractivity contribution is 5.42. The number of aryl methyl sites for hydroxylation is 1. The molecule has 2 rings (SSSR count). The summed E-state index contributed by atoms with van der Waals surface area (Å²) >= 11 is 0. The Morgan fingerprint density at radius 1 is 1.11 bits per heavy atom. The molecule has 2 nitrogen and oxygen atoms in total. The molecule has 0 unspecified atom stereocenters. The average Bonchev–Trinajstić information content (AvgIpc) is 2.34. The van der Waals surface area contributed by atoms with Crippen LogP contribution < -0.4 is 10.5 Å². The summed E-state index contributed by atoms with van der Waals surface area (Å²) in [6, 6.07) is 11.8. The Morgan fingerprint density at radius 2 is 1.83 bits per heavy atom. The van der Waals surface area contributed by atoms with Gasteiger partial charge in [-0.15, -0.1) is 0 Å². The standard InChI is InChI=1S/C15H16FNO/c1-10-5-3-4-6-14(10)18-15-8-7-12(16)9-13(15)11(2)17/h3-9,11H,17H2,1-2H3/t11-/m1/s1. The molecule has 2 N–H and O–H groups in total. The van der Waals surface area contributed by atoms with Gasteiger partial charge < -0.3 is 10.5 Å². The number of para-hydroxylation sites is 1. The lowest BCUT2D eigenvalue weighted by Gasteiger charge is -2.15. The molecule has 0 fully saturated rings. The number of ether oxygens (including phenoxy) is 1. The summed E-state index contributed by atoms with van der Waals surface area (Å²) < 4.78 is 19.0. The van der Waals surface area contributed by atoms with Crippen LogP contribution in [-0.4, -0.2) is 0 Å². The lowest BCUT2D eigenvalue weighted by Crippen LogP contribution is -2.07. The molecule has 1 atom stereocenters. The second kappa shape index (κ2) is 5.19. The van der Waals surface area contributed by atoms with Gasteiger partial charge in [-0.05, 0) is 43.7 Å². The molecule has 0 aromatic heterocycles. The number of nitrogens with two attached hydrogens (primary N) is 1. The van der Waals surface area contributed by atoms with E-state index in [4.69, 9.17) is 10.5 Å². The molecule has 2 aromatic carbocycles. The van der Waals surface area contributed by atoms with E-state index in [1.54, 1.807) is 13.0 Å². The molecule has 94 valence electrons. The highest BCUT2D eigenvalue weighted by Gasteiger charge is 2.11. The van der Waals surface area contributed by atoms with Crippen molar-refractivity contribution in [2.24, 2.45) is 5.73 Å². The highest BCUT2D eigenvalue weighted by Crippen LogP contribution is 2.30. The fourth-order valence-electron chi connectivity index (χ4n) is 1.76. The first kappa shape index (κ1) is 12.6. The van der Waals surface area contributed by atoms with Gasteiger partial charge in [0.05, 0.1) is 0 Å². The summed E-state index contributed by atoms with van der Waals surface area (Å²) in [5, 5.41) is 0. The molecule has 0 saturated carbocycles. The first-order valence-electron chi connectivity index (χ1n) is 5.86. The van der Waals surface area contributed by atoms with Crippen molar-refractivity contribution >= 4 is 0 Å². The van der Waals surface area contributed by atoms with E-state index in [1.165, 1.54) is 12.1 Å². The van der Waals surface area contributed by atoms with Gasteiger partial charge in [-0.25, -0.2) is 4.39 Å². The number of hydrogen-bond donors (Lipinski definition) is 1. The number of rotatable bonds is 3. The zero-order valence-electron chi connectivity index (χ0n) is 10.5. The fraction of sp³-hybridized carbons (Fsp3) is 0.200. The van der Waals surface area contributed by atoms with Gasteiger partial charge in [0.2, 0.25) is 0 Å². The van der Waals surface area contributed by atoms with Gasteiger partial charge in [-0.1, -0.05) is 18.2 Å². The van der Waals surface area contributed by atoms with Crippen molar-refractivity contribution in [3.05, 3.63) is 59.4 Å². The molecule has 0 aliphatic rings. The monoisotopic (exact) mass is 245 g/mol. The Kier molecular flexibility index (Phi) is 3.63. The molecule has 0 bridgehead atoms. The third-order valence-corrected chi connectivity index (χ3v) is 2.78. The van der Waals surface area contributed by atoms with Crippen molar-refractivity contribution in [1.82, 2.24) is 0 Å². The van der Waals surface area contributed by atoms with E-state index in [2.05, 4.69) is 0 Å². The molecule has 0 amide bonds. The molecule has 0 heterocycles. The van der Waals surface area contributed by atoms with Crippen molar-refractivity contribution < 1.29 is 9.13 Å². The van der Waals surface area contributed by atoms with E-state index in [-0.39, 0.29) is 11.9 Å². The van der Waals surface area contributed by atoms with Crippen LogP contribution in [0.25, 0.3) is 0 Å². The van der Waals surface area contributed by atoms with Crippen molar-refractivity contribution in [3.8, 4) is 11.5 Å². The minimum Gasteiger partial charge on any atom is -0.457 e. The van der Waals surface area contributed by atoms with Crippen molar-refractivity contribution in [2.75, 3.05) is 0 Å². The third-order valence-electron chi connectivity index (χ3n) is 2.78. The predicted molar refractivity (Wildman–Crippen MR) is 70.3 cm³/mol. The highest BCUT2D eigenvalue weighted by atomic mass is 19.1. The van der Waals surface area contributed by atoms with E-state index >= 15 is 0 Å². The van der Waals surface area contributed by atoms with Crippen molar-refractivity contribution in [3.63, 3.8) is 0 Å². The van der Waals surface area contributed by atoms with Crippen molar-refractivity contribution in [1.29, 1.82) is 0 Å². The topological polar surface area (TPSA) is 35.2 Å². The van der Waals surface area contributed by atoms with E-state index in [0.29, 0.717) is 11.3 Å². The predicted octanol–water partition coefficient (Wildman–Crippen LogP) is 3.95. The summed E-state index contributed by atoms with van der Waals surface area (Å²) in [5.74, 6) is 1.05. The maximum absolute atomic E-state index is 13.2. The average molecular weight is 245 g/mol. The van der Waals surface area contributed by atoms with Crippen LogP contribution in [0.2, 0.25) is 0 Å². The molecular weight excluding hydrogens is 229 g/mol. The fourth-order valence-corrected chi connectivity index (χ4v) is 1.76. The number of benzene rings is 2. The summed E-state index contributed by atoms with van der Waals surface area (Å²) in [4.78, 5) is 0. The number of hydrogen-bond acceptors (Lipinski definition) is 2. The molecule has 0 radical (unpaired) electrons. The Bertz CT molecular complexity index is 552. The summed E-state index contributed by atoms with van der Waals surface area (Å²) in [6.07, 6.45) is 0. The molecule has 3 heteroatoms. The Balaban J connectivity index is 2.37. The summed E-state index contributed by atoms with van der Waals surface area (Å²) in [6.45, 7) is 3.77. The van der Waals surface area contributed by atoms with Gasteiger partial charge in [0, 0.05) is 11.6 Å². The lowest BCUT2D eigenvalue weighted by atomic mass is 10.1. The maximum atomic E-state index is 13.2. The zero-order valence-corrected chi connectivity index (χ0v) is 10.5. The Morgan fingerprint density at radius 3 is 2.50 bits per heavy atom. The quantitative estimate of drug-likeness (QED) is 0.888. The lowest BCUT2D eigenvalue weighted by molar-refractivity contribution is 0.466. The molecular formula is C15H16FNO. The second-order valence-corrected chi connectivity index (χ2v) is 4.34. The largest absolute Gasteiger partial charge is 0.457 e. The van der Waals surface area contributed by atoms with Crippen LogP contribution in [0.3, 0.4) is 0 Å². The third kappa shape index (κ3) is 2.68. The van der Waals surface area contributed by atoms with Crippen LogP contribution in [0.1, 0.15) is 24.1 Å². The van der Waals surface area contributed by atoms with E-state index in [9.17, 15) is 4.39 Å². The normalized spacial score (nSPS) is 12.2. The van der Waals surface area contributed by atoms with Crippen LogP contribution in [-0.2, 0) is 0 Å². The van der Waals surface area contributed by atoms with Crippen LogP contribution in [0.5, 0.6) is 11.5 Å². The van der Waals surface area contributed by atoms with Gasteiger partial charge in [0.25, 0.3) is 0 Å². The van der Waals surface area contributed by atoms with Crippen LogP contribution in [0, 0.1) is 12.7 Å². The van der Waals surface area contributed by atoms with Crippen LogP contribution in [0.15, 0.2) is 42.5 Å². The second-order valence-electron chi connectivity index (χ2n) is 4.34. The zero-order chi connectivity index (χ0) is 13.1. The smallest absolute Gasteiger partial charge is 0.132 e. The SMILES string of the molecule is Cc1ccccc1Oc1ccc(F)cc1[C@@H](C)N. The van der Waals surface area contributed by atoms with Gasteiger partial charge in [0.1, 0.15) is 17.3 Å². The molecule has 18 heavy (non-hydrogen) atoms. The van der Waals surface area contributed by atoms with Gasteiger partial charge in [0.15, 0.2) is 0 Å². The van der Waals surface area contributed by atoms with Gasteiger partial charge >= 0.3 is 0 Å². The molecule has 2 aromatic rings. The molecule has 0 spiro atoms. The van der Waals surface area contributed by atoms with Gasteiger partial charge in [-0.2, -0.15) is 0 Å². The van der Waals surface area contributed by atoms with Crippen molar-refractivity contribution in [2.45, 2.75) is 19.9 Å². The summed E-state index contributed by atoms with van der Waals surface area (Å²) in [5.41, 5.74) is 7.52. The first-order valence-corrected chi connectivity index (χ1v) is 5.86. The maximum Gasteiger partial charge on any atom is 0.132 e. The first-order chi connectivity index (χ1) is 8.58. The Hall–Kier alpha value is -1.87.